The normalized spacial score (nSPS) is 0. The standard InChI is InChI=1S/Li.Mg.Mn.Zn/q+1;3*+2. The molecule has 0 aliphatic heterocycles. The quantitative estimate of drug-likeness (QED) is 0.317. The smallest absolute Gasteiger partial charge is 1.00 e. The molecule has 0 aromatic heterocycles. The first-order valence-electron chi connectivity index (χ1n) is 0. The first kappa shape index (κ1) is 31.4. The second-order valence-corrected chi connectivity index (χ2v) is 0. The fourth-order valence-corrected chi connectivity index (χ4v) is 0. The van der Waals surface area contributed by atoms with E-state index >= 15 is 0 Å². The molecule has 0 rings (SSSR count). The Bertz CT molecular complexity index is 8.00. The third-order valence-electron chi connectivity index (χ3n) is 0. The fraction of sp³-hybridized carbons (Fsp3) is 0. The van der Waals surface area contributed by atoms with Crippen LogP contribution in [0.25, 0.3) is 0 Å². The summed E-state index contributed by atoms with van der Waals surface area (Å²) >= 11 is 0. The fourth-order valence-electron chi connectivity index (χ4n) is 0. The van der Waals surface area contributed by atoms with Gasteiger partial charge in [-0.2, -0.15) is 0 Å². The largest absolute Gasteiger partial charge is 2.00 e. The van der Waals surface area contributed by atoms with E-state index in [1.54, 1.807) is 0 Å². The van der Waals surface area contributed by atoms with Gasteiger partial charge in [0.2, 0.25) is 0 Å². The van der Waals surface area contributed by atoms with E-state index in [1.807, 2.05) is 0 Å². The molecule has 1 radical (unpaired) electrons. The van der Waals surface area contributed by atoms with Crippen LogP contribution in [0.1, 0.15) is 0 Å². The van der Waals surface area contributed by atoms with Crippen LogP contribution >= 0.6 is 0 Å². The van der Waals surface area contributed by atoms with Gasteiger partial charge >= 0.3 is 78.5 Å². The summed E-state index contributed by atoms with van der Waals surface area (Å²) in [6.45, 7) is 0. The predicted octanol–water partition coefficient (Wildman–Crippen LogP) is -3.38. The Morgan fingerprint density at radius 1 is 1.00 bits per heavy atom. The van der Waals surface area contributed by atoms with Crippen LogP contribution in [0.15, 0.2) is 0 Å². The topological polar surface area (TPSA) is 0 Å². The molecule has 0 aromatic carbocycles. The summed E-state index contributed by atoms with van der Waals surface area (Å²) in [5, 5.41) is 0. The molecule has 4 heteroatoms. The molecule has 0 unspecified atom stereocenters. The number of hydrogen-bond acceptors (Lipinski definition) is 0. The van der Waals surface area contributed by atoms with Crippen LogP contribution in [-0.2, 0) is 36.5 Å². The molecule has 0 nitrogen and oxygen atoms in total. The summed E-state index contributed by atoms with van der Waals surface area (Å²) in [6.07, 6.45) is 0. The number of hydrogen-bond donors (Lipinski definition) is 0. The average molecular weight is 152 g/mol. The summed E-state index contributed by atoms with van der Waals surface area (Å²) < 4.78 is 0. The van der Waals surface area contributed by atoms with Crippen molar-refractivity contribution in [2.75, 3.05) is 0 Å². The molecular formula is LiMgMnZn+7. The van der Waals surface area contributed by atoms with E-state index in [2.05, 4.69) is 0 Å². The molecule has 0 fully saturated rings. The molecule has 0 spiro atoms. The van der Waals surface area contributed by atoms with Gasteiger partial charge in [0.15, 0.2) is 0 Å². The summed E-state index contributed by atoms with van der Waals surface area (Å²) in [6, 6.07) is 0. The van der Waals surface area contributed by atoms with Crippen molar-refractivity contribution in [3.05, 3.63) is 0 Å². The Morgan fingerprint density at radius 2 is 1.00 bits per heavy atom. The van der Waals surface area contributed by atoms with Gasteiger partial charge in [-0.25, -0.2) is 0 Å². The first-order valence-corrected chi connectivity index (χ1v) is 0. The van der Waals surface area contributed by atoms with Crippen LogP contribution in [0.2, 0.25) is 0 Å². The minimum absolute atomic E-state index is 0. The maximum absolute atomic E-state index is 0. The van der Waals surface area contributed by atoms with Crippen LogP contribution in [0, 0.1) is 0 Å². The molecule has 4 heavy (non-hydrogen) atoms. The third kappa shape index (κ3) is 8.82. The maximum Gasteiger partial charge on any atom is 2.00 e. The molecule has 0 heterocycles. The summed E-state index contributed by atoms with van der Waals surface area (Å²) in [7, 11) is 0. The van der Waals surface area contributed by atoms with Crippen molar-refractivity contribution >= 4 is 23.1 Å². The Morgan fingerprint density at radius 3 is 1.00 bits per heavy atom. The minimum Gasteiger partial charge on any atom is 1.00 e. The molecule has 0 aliphatic carbocycles. The van der Waals surface area contributed by atoms with Crippen molar-refractivity contribution in [2.45, 2.75) is 0 Å². The van der Waals surface area contributed by atoms with Gasteiger partial charge in [0.25, 0.3) is 0 Å². The molecule has 0 saturated carbocycles. The van der Waals surface area contributed by atoms with E-state index in [9.17, 15) is 0 Å². The minimum atomic E-state index is 0. The second kappa shape index (κ2) is 17.8. The van der Waals surface area contributed by atoms with Crippen molar-refractivity contribution in [1.29, 1.82) is 0 Å². The van der Waals surface area contributed by atoms with Crippen molar-refractivity contribution in [1.82, 2.24) is 0 Å². The predicted molar refractivity (Wildman–Crippen MR) is 5.75 cm³/mol. The molecular weight excluding hydrogens is 152 g/mol. The zero-order valence-corrected chi connectivity index (χ0v) is 8.35. The van der Waals surface area contributed by atoms with Crippen molar-refractivity contribution in [3.8, 4) is 0 Å². The van der Waals surface area contributed by atoms with E-state index < -0.39 is 0 Å². The van der Waals surface area contributed by atoms with Gasteiger partial charge in [0, 0.05) is 0 Å². The summed E-state index contributed by atoms with van der Waals surface area (Å²) in [5.41, 5.74) is 0. The van der Waals surface area contributed by atoms with Crippen LogP contribution in [-0.4, -0.2) is 23.1 Å². The average Bonchev–Trinajstić information content (AvgIpc) is 0. The monoisotopic (exact) mass is 150 g/mol. The van der Waals surface area contributed by atoms with E-state index in [0.717, 1.165) is 0 Å². The van der Waals surface area contributed by atoms with E-state index in [0.29, 0.717) is 0 Å². The Balaban J connectivity index is 0. The zero-order valence-electron chi connectivity index (χ0n) is 2.79. The Hall–Kier alpha value is 2.51. The SMILES string of the molecule is [Li+].[Mg+2].[Mn+2].[Zn+2]. The molecule has 0 bridgehead atoms. The van der Waals surface area contributed by atoms with Crippen LogP contribution < -0.4 is 18.9 Å². The molecule has 0 amide bonds. The molecule has 0 aliphatic rings. The van der Waals surface area contributed by atoms with Gasteiger partial charge < -0.3 is 0 Å². The van der Waals surface area contributed by atoms with Gasteiger partial charge in [-0.3, -0.25) is 0 Å². The van der Waals surface area contributed by atoms with Gasteiger partial charge in [-0.1, -0.05) is 0 Å². The second-order valence-electron chi connectivity index (χ2n) is 0. The van der Waals surface area contributed by atoms with E-state index in [1.165, 1.54) is 0 Å². The van der Waals surface area contributed by atoms with Gasteiger partial charge in [0.1, 0.15) is 0 Å². The summed E-state index contributed by atoms with van der Waals surface area (Å²) in [4.78, 5) is 0. The zero-order chi connectivity index (χ0) is 0. The van der Waals surface area contributed by atoms with Crippen molar-refractivity contribution < 1.29 is 55.4 Å². The van der Waals surface area contributed by atoms with E-state index in [-0.39, 0.29) is 78.5 Å². The molecule has 0 N–H and O–H groups in total. The van der Waals surface area contributed by atoms with Crippen LogP contribution in [0.5, 0.6) is 0 Å². The number of rotatable bonds is 0. The van der Waals surface area contributed by atoms with E-state index in [4.69, 9.17) is 0 Å². The summed E-state index contributed by atoms with van der Waals surface area (Å²) in [5.74, 6) is 0. The third-order valence-corrected chi connectivity index (χ3v) is 0. The van der Waals surface area contributed by atoms with Crippen molar-refractivity contribution in [2.24, 2.45) is 0 Å². The molecule has 0 aromatic rings. The van der Waals surface area contributed by atoms with Crippen molar-refractivity contribution in [3.63, 3.8) is 0 Å². The maximum atomic E-state index is 0. The van der Waals surface area contributed by atoms with Gasteiger partial charge in [0.05, 0.1) is 0 Å². The molecule has 0 atom stereocenters. The van der Waals surface area contributed by atoms with Gasteiger partial charge in [-0.15, -0.1) is 0 Å². The van der Waals surface area contributed by atoms with Crippen LogP contribution in [0.3, 0.4) is 0 Å². The molecule has 0 saturated heterocycles. The Kier molecular flexibility index (Phi) is 140. The molecule has 5 valence electrons. The van der Waals surface area contributed by atoms with Crippen LogP contribution in [0.4, 0.5) is 0 Å². The first-order chi connectivity index (χ1) is 0. The Labute approximate surface area is 77.4 Å². The van der Waals surface area contributed by atoms with Gasteiger partial charge in [-0.05, 0) is 0 Å².